The van der Waals surface area contributed by atoms with Crippen LogP contribution in [0.2, 0.25) is 0 Å². The maximum absolute atomic E-state index is 12.1. The van der Waals surface area contributed by atoms with Crippen molar-refractivity contribution in [1.82, 2.24) is 9.80 Å². The number of amides is 1. The number of rotatable bonds is 4. The fourth-order valence-corrected chi connectivity index (χ4v) is 3.94. The van der Waals surface area contributed by atoms with Gasteiger partial charge in [0.15, 0.2) is 0 Å². The van der Waals surface area contributed by atoms with Gasteiger partial charge in [0.1, 0.15) is 0 Å². The number of hydrogen-bond acceptors (Lipinski definition) is 2. The standard InChI is InChI=1S/C19H26N2O/c1-3-19(22)21-17-9-10-18(21)14-20(13-17)12-15(2)11-16-7-5-4-6-8-16/h4-8,11,17-18H,3,9-10,12-14H2,1-2H3/b15-11+. The summed E-state index contributed by atoms with van der Waals surface area (Å²) in [7, 11) is 0. The van der Waals surface area contributed by atoms with E-state index in [-0.39, 0.29) is 0 Å². The number of carbonyl (C=O) groups excluding carboxylic acids is 1. The van der Waals surface area contributed by atoms with Crippen LogP contribution in [0.4, 0.5) is 0 Å². The van der Waals surface area contributed by atoms with Gasteiger partial charge in [-0.2, -0.15) is 0 Å². The molecule has 2 unspecified atom stereocenters. The number of hydrogen-bond donors (Lipinski definition) is 0. The van der Waals surface area contributed by atoms with E-state index >= 15 is 0 Å². The van der Waals surface area contributed by atoms with Gasteiger partial charge in [0.25, 0.3) is 0 Å². The summed E-state index contributed by atoms with van der Waals surface area (Å²) in [5.41, 5.74) is 2.66. The second-order valence-corrected chi connectivity index (χ2v) is 6.64. The highest BCUT2D eigenvalue weighted by Gasteiger charge is 2.41. The minimum Gasteiger partial charge on any atom is -0.334 e. The van der Waals surface area contributed by atoms with Crippen molar-refractivity contribution in [1.29, 1.82) is 0 Å². The molecule has 0 N–H and O–H groups in total. The van der Waals surface area contributed by atoms with E-state index in [1.165, 1.54) is 24.0 Å². The third kappa shape index (κ3) is 3.25. The van der Waals surface area contributed by atoms with Gasteiger partial charge in [0.2, 0.25) is 5.91 Å². The summed E-state index contributed by atoms with van der Waals surface area (Å²) < 4.78 is 0. The molecule has 0 saturated carbocycles. The smallest absolute Gasteiger partial charge is 0.222 e. The summed E-state index contributed by atoms with van der Waals surface area (Å²) in [6.45, 7) is 7.25. The van der Waals surface area contributed by atoms with Crippen LogP contribution in [0.1, 0.15) is 38.7 Å². The van der Waals surface area contributed by atoms with Crippen LogP contribution in [0, 0.1) is 0 Å². The largest absolute Gasteiger partial charge is 0.334 e. The number of fused-ring (bicyclic) bond motifs is 2. The van der Waals surface area contributed by atoms with Gasteiger partial charge >= 0.3 is 0 Å². The molecule has 0 radical (unpaired) electrons. The first-order chi connectivity index (χ1) is 10.7. The zero-order chi connectivity index (χ0) is 15.5. The summed E-state index contributed by atoms with van der Waals surface area (Å²) in [6, 6.07) is 11.4. The maximum Gasteiger partial charge on any atom is 0.222 e. The summed E-state index contributed by atoms with van der Waals surface area (Å²) in [5.74, 6) is 0.337. The summed E-state index contributed by atoms with van der Waals surface area (Å²) in [5, 5.41) is 0. The Labute approximate surface area is 133 Å². The molecule has 3 rings (SSSR count). The molecule has 1 aromatic carbocycles. The maximum atomic E-state index is 12.1. The van der Waals surface area contributed by atoms with Crippen molar-refractivity contribution in [3.8, 4) is 0 Å². The van der Waals surface area contributed by atoms with Crippen molar-refractivity contribution < 1.29 is 4.79 Å². The SMILES string of the molecule is CCC(=O)N1C2CCC1CN(C/C(C)=C/c1ccccc1)C2. The van der Waals surface area contributed by atoms with Crippen molar-refractivity contribution in [2.75, 3.05) is 19.6 Å². The molecule has 2 aliphatic heterocycles. The lowest BCUT2D eigenvalue weighted by atomic mass is 10.1. The third-order valence-electron chi connectivity index (χ3n) is 4.83. The van der Waals surface area contributed by atoms with Gasteiger partial charge in [-0.05, 0) is 25.3 Å². The Morgan fingerprint density at radius 2 is 1.82 bits per heavy atom. The Morgan fingerprint density at radius 3 is 2.41 bits per heavy atom. The zero-order valence-corrected chi connectivity index (χ0v) is 13.7. The monoisotopic (exact) mass is 298 g/mol. The number of benzene rings is 1. The van der Waals surface area contributed by atoms with Crippen molar-refractivity contribution in [3.63, 3.8) is 0 Å². The molecule has 0 aliphatic carbocycles. The molecule has 0 spiro atoms. The molecule has 1 amide bonds. The molecule has 1 aromatic rings. The lowest BCUT2D eigenvalue weighted by Gasteiger charge is -2.41. The average molecular weight is 298 g/mol. The highest BCUT2D eigenvalue weighted by Crippen LogP contribution is 2.31. The van der Waals surface area contributed by atoms with Gasteiger partial charge in [-0.3, -0.25) is 9.69 Å². The molecule has 22 heavy (non-hydrogen) atoms. The average Bonchev–Trinajstić information content (AvgIpc) is 2.78. The van der Waals surface area contributed by atoms with E-state index in [9.17, 15) is 4.79 Å². The molecule has 2 bridgehead atoms. The Hall–Kier alpha value is -1.61. The Bertz CT molecular complexity index is 538. The molecule has 118 valence electrons. The predicted molar refractivity (Wildman–Crippen MR) is 90.5 cm³/mol. The zero-order valence-electron chi connectivity index (χ0n) is 13.7. The first-order valence-corrected chi connectivity index (χ1v) is 8.43. The molecule has 0 aromatic heterocycles. The van der Waals surface area contributed by atoms with Crippen LogP contribution >= 0.6 is 0 Å². The van der Waals surface area contributed by atoms with Crippen LogP contribution in [-0.2, 0) is 4.79 Å². The quantitative estimate of drug-likeness (QED) is 0.852. The molecule has 2 atom stereocenters. The molecule has 2 saturated heterocycles. The van der Waals surface area contributed by atoms with Crippen LogP contribution in [0.3, 0.4) is 0 Å². The van der Waals surface area contributed by atoms with Crippen molar-refractivity contribution >= 4 is 12.0 Å². The van der Waals surface area contributed by atoms with Crippen LogP contribution in [0.25, 0.3) is 6.08 Å². The molecular formula is C19H26N2O. The Kier molecular flexibility index (Phi) is 4.63. The van der Waals surface area contributed by atoms with E-state index in [4.69, 9.17) is 0 Å². The van der Waals surface area contributed by atoms with Crippen molar-refractivity contribution in [3.05, 3.63) is 41.5 Å². The van der Waals surface area contributed by atoms with Gasteiger partial charge in [-0.25, -0.2) is 0 Å². The number of nitrogens with zero attached hydrogens (tertiary/aromatic N) is 2. The third-order valence-corrected chi connectivity index (χ3v) is 4.83. The van der Waals surface area contributed by atoms with E-state index in [1.54, 1.807) is 0 Å². The normalized spacial score (nSPS) is 25.5. The molecule has 2 aliphatic rings. The molecule has 3 nitrogen and oxygen atoms in total. The van der Waals surface area contributed by atoms with Crippen LogP contribution in [-0.4, -0.2) is 47.4 Å². The van der Waals surface area contributed by atoms with E-state index < -0.39 is 0 Å². The predicted octanol–water partition coefficient (Wildman–Crippen LogP) is 3.18. The Morgan fingerprint density at radius 1 is 1.18 bits per heavy atom. The summed E-state index contributed by atoms with van der Waals surface area (Å²) in [4.78, 5) is 16.8. The Balaban J connectivity index is 1.62. The molecule has 3 heteroatoms. The minimum absolute atomic E-state index is 0.337. The highest BCUT2D eigenvalue weighted by molar-refractivity contribution is 5.77. The van der Waals surface area contributed by atoms with Crippen LogP contribution < -0.4 is 0 Å². The lowest BCUT2D eigenvalue weighted by molar-refractivity contribution is -0.136. The fourth-order valence-electron chi connectivity index (χ4n) is 3.94. The van der Waals surface area contributed by atoms with E-state index in [0.717, 1.165) is 19.6 Å². The second-order valence-electron chi connectivity index (χ2n) is 6.64. The van der Waals surface area contributed by atoms with Gasteiger partial charge in [-0.15, -0.1) is 0 Å². The lowest BCUT2D eigenvalue weighted by Crippen LogP contribution is -2.55. The van der Waals surface area contributed by atoms with Crippen LogP contribution in [0.5, 0.6) is 0 Å². The first-order valence-electron chi connectivity index (χ1n) is 8.43. The second kappa shape index (κ2) is 6.66. The van der Waals surface area contributed by atoms with Crippen molar-refractivity contribution in [2.45, 2.75) is 45.2 Å². The number of carbonyl (C=O) groups is 1. The highest BCUT2D eigenvalue weighted by atomic mass is 16.2. The summed E-state index contributed by atoms with van der Waals surface area (Å²) in [6.07, 6.45) is 5.26. The van der Waals surface area contributed by atoms with Gasteiger partial charge in [-0.1, -0.05) is 48.9 Å². The van der Waals surface area contributed by atoms with E-state index in [1.807, 2.05) is 13.0 Å². The van der Waals surface area contributed by atoms with Gasteiger partial charge in [0, 0.05) is 38.1 Å². The van der Waals surface area contributed by atoms with E-state index in [0.29, 0.717) is 24.4 Å². The van der Waals surface area contributed by atoms with Crippen LogP contribution in [0.15, 0.2) is 35.9 Å². The van der Waals surface area contributed by atoms with Crippen molar-refractivity contribution in [2.24, 2.45) is 0 Å². The fraction of sp³-hybridized carbons (Fsp3) is 0.526. The first kappa shape index (κ1) is 15.3. The van der Waals surface area contributed by atoms with Gasteiger partial charge in [0.05, 0.1) is 0 Å². The minimum atomic E-state index is 0.337. The number of likely N-dealkylation sites (tertiary alicyclic amines) is 1. The molecule has 2 fully saturated rings. The van der Waals surface area contributed by atoms with Gasteiger partial charge < -0.3 is 4.90 Å². The number of piperazine rings is 1. The summed E-state index contributed by atoms with van der Waals surface area (Å²) >= 11 is 0. The topological polar surface area (TPSA) is 23.6 Å². The molecule has 2 heterocycles. The molecular weight excluding hydrogens is 272 g/mol. The van der Waals surface area contributed by atoms with E-state index in [2.05, 4.69) is 47.1 Å².